The second kappa shape index (κ2) is 10.6. The van der Waals surface area contributed by atoms with Crippen LogP contribution < -0.4 is 0 Å². The molecule has 4 rings (SSSR count). The van der Waals surface area contributed by atoms with Gasteiger partial charge in [-0.1, -0.05) is 85.6 Å². The summed E-state index contributed by atoms with van der Waals surface area (Å²) in [4.78, 5) is 0. The van der Waals surface area contributed by atoms with Gasteiger partial charge in [-0.25, -0.2) is 4.39 Å². The molecule has 0 spiro atoms. The van der Waals surface area contributed by atoms with Crippen LogP contribution in [0.15, 0.2) is 67.3 Å². The first kappa shape index (κ1) is 22.3. The highest BCUT2D eigenvalue weighted by Gasteiger charge is 2.20. The Morgan fingerprint density at radius 2 is 1.62 bits per heavy atom. The Kier molecular flexibility index (Phi) is 7.43. The van der Waals surface area contributed by atoms with Gasteiger partial charge in [0.15, 0.2) is 0 Å². The quantitative estimate of drug-likeness (QED) is 0.275. The Morgan fingerprint density at radius 1 is 0.906 bits per heavy atom. The van der Waals surface area contributed by atoms with Crippen LogP contribution >= 0.6 is 0 Å². The van der Waals surface area contributed by atoms with Gasteiger partial charge in [-0.15, -0.1) is 6.58 Å². The molecule has 0 aliphatic heterocycles. The van der Waals surface area contributed by atoms with Crippen molar-refractivity contribution in [3.63, 3.8) is 0 Å². The summed E-state index contributed by atoms with van der Waals surface area (Å²) >= 11 is 0. The highest BCUT2D eigenvalue weighted by molar-refractivity contribution is 5.85. The number of allylic oxidation sites excluding steroid dienone is 1. The number of hydrogen-bond acceptors (Lipinski definition) is 0. The summed E-state index contributed by atoms with van der Waals surface area (Å²) in [6.45, 7) is 5.90. The monoisotopic (exact) mass is 424 g/mol. The van der Waals surface area contributed by atoms with Crippen LogP contribution in [0.1, 0.15) is 67.2 Å². The molecule has 0 nitrogen and oxygen atoms in total. The van der Waals surface area contributed by atoms with Crippen molar-refractivity contribution in [3.8, 4) is 11.8 Å². The molecule has 0 bridgehead atoms. The van der Waals surface area contributed by atoms with Crippen molar-refractivity contribution < 1.29 is 4.39 Å². The minimum atomic E-state index is -0.216. The van der Waals surface area contributed by atoms with Crippen LogP contribution in [0.25, 0.3) is 10.8 Å². The van der Waals surface area contributed by atoms with Crippen LogP contribution in [0.4, 0.5) is 4.39 Å². The SMILES string of the molecule is C=CCCC1CCC(CCc2ccc3c(F)c(C#Cc4ccc(C)cc4)ccc3c2)CC1. The van der Waals surface area contributed by atoms with E-state index in [1.54, 1.807) is 0 Å². The molecule has 32 heavy (non-hydrogen) atoms. The predicted octanol–water partition coefficient (Wildman–Crippen LogP) is 8.39. The third-order valence-corrected chi connectivity index (χ3v) is 7.00. The molecule has 0 N–H and O–H groups in total. The average molecular weight is 425 g/mol. The zero-order chi connectivity index (χ0) is 22.3. The minimum absolute atomic E-state index is 0.216. The first-order chi connectivity index (χ1) is 15.6. The summed E-state index contributed by atoms with van der Waals surface area (Å²) < 4.78 is 15.1. The molecule has 0 amide bonds. The number of hydrogen-bond donors (Lipinski definition) is 0. The van der Waals surface area contributed by atoms with Crippen LogP contribution in [-0.2, 0) is 6.42 Å². The van der Waals surface area contributed by atoms with Gasteiger partial charge in [0.25, 0.3) is 0 Å². The molecular formula is C31H33F. The van der Waals surface area contributed by atoms with Crippen molar-refractivity contribution in [1.29, 1.82) is 0 Å². The standard InChI is InChI=1S/C31H33F/c1-3-4-5-24-10-12-26(13-11-24)14-15-27-17-21-30-29(22-27)20-19-28(31(30)32)18-16-25-8-6-23(2)7-9-25/h3,6-9,17,19-22,24,26H,1,4-5,10-15H2,2H3. The highest BCUT2D eigenvalue weighted by atomic mass is 19.1. The Labute approximate surface area is 192 Å². The van der Waals surface area contributed by atoms with Gasteiger partial charge in [-0.2, -0.15) is 0 Å². The van der Waals surface area contributed by atoms with Gasteiger partial charge in [0.05, 0.1) is 5.56 Å². The Bertz CT molecular complexity index is 1120. The first-order valence-corrected chi connectivity index (χ1v) is 12.0. The first-order valence-electron chi connectivity index (χ1n) is 12.0. The van der Waals surface area contributed by atoms with E-state index in [0.717, 1.165) is 35.6 Å². The molecule has 0 atom stereocenters. The fourth-order valence-corrected chi connectivity index (χ4v) is 4.90. The van der Waals surface area contributed by atoms with E-state index in [2.05, 4.69) is 30.6 Å². The molecule has 1 saturated carbocycles. The maximum atomic E-state index is 15.1. The number of aryl methyl sites for hydroxylation is 2. The van der Waals surface area contributed by atoms with Crippen LogP contribution in [0.2, 0.25) is 0 Å². The van der Waals surface area contributed by atoms with Gasteiger partial charge in [0.1, 0.15) is 5.82 Å². The fraction of sp³-hybridized carbons (Fsp3) is 0.355. The molecule has 3 aromatic rings. The molecule has 1 fully saturated rings. The molecule has 0 unspecified atom stereocenters. The zero-order valence-corrected chi connectivity index (χ0v) is 19.2. The smallest absolute Gasteiger partial charge is 0.146 e. The average Bonchev–Trinajstić information content (AvgIpc) is 2.82. The van der Waals surface area contributed by atoms with Gasteiger partial charge in [-0.05, 0) is 73.6 Å². The van der Waals surface area contributed by atoms with Crippen LogP contribution in [0, 0.1) is 36.4 Å². The van der Waals surface area contributed by atoms with Gasteiger partial charge in [0, 0.05) is 10.9 Å². The topological polar surface area (TPSA) is 0 Å². The van der Waals surface area contributed by atoms with Gasteiger partial charge in [0.2, 0.25) is 0 Å². The molecule has 1 aliphatic carbocycles. The van der Waals surface area contributed by atoms with Crippen molar-refractivity contribution in [1.82, 2.24) is 0 Å². The van der Waals surface area contributed by atoms with Crippen LogP contribution in [0.5, 0.6) is 0 Å². The lowest BCUT2D eigenvalue weighted by atomic mass is 9.78. The van der Waals surface area contributed by atoms with E-state index in [-0.39, 0.29) is 5.82 Å². The molecular weight excluding hydrogens is 391 g/mol. The molecule has 0 radical (unpaired) electrons. The minimum Gasteiger partial charge on any atom is -0.205 e. The van der Waals surface area contributed by atoms with E-state index in [1.165, 1.54) is 49.7 Å². The summed E-state index contributed by atoms with van der Waals surface area (Å²) in [5, 5.41) is 1.63. The van der Waals surface area contributed by atoms with Crippen molar-refractivity contribution in [2.45, 2.75) is 58.3 Å². The summed E-state index contributed by atoms with van der Waals surface area (Å²) in [7, 11) is 0. The van der Waals surface area contributed by atoms with E-state index in [4.69, 9.17) is 0 Å². The fourth-order valence-electron chi connectivity index (χ4n) is 4.90. The van der Waals surface area contributed by atoms with Crippen molar-refractivity contribution in [2.75, 3.05) is 0 Å². The molecule has 1 heteroatoms. The number of halogens is 1. The lowest BCUT2D eigenvalue weighted by molar-refractivity contribution is 0.254. The van der Waals surface area contributed by atoms with Gasteiger partial charge >= 0.3 is 0 Å². The van der Waals surface area contributed by atoms with E-state index in [9.17, 15) is 0 Å². The van der Waals surface area contributed by atoms with E-state index < -0.39 is 0 Å². The highest BCUT2D eigenvalue weighted by Crippen LogP contribution is 2.34. The molecule has 0 saturated heterocycles. The summed E-state index contributed by atoms with van der Waals surface area (Å²) in [6, 6.07) is 18.0. The van der Waals surface area contributed by atoms with E-state index >= 15 is 4.39 Å². The molecule has 0 aromatic heterocycles. The summed E-state index contributed by atoms with van der Waals surface area (Å²) in [5.41, 5.74) is 3.86. The number of fused-ring (bicyclic) bond motifs is 1. The predicted molar refractivity (Wildman–Crippen MR) is 134 cm³/mol. The maximum absolute atomic E-state index is 15.1. The lowest BCUT2D eigenvalue weighted by Gasteiger charge is -2.28. The Hall–Kier alpha value is -2.85. The third-order valence-electron chi connectivity index (χ3n) is 7.00. The molecule has 164 valence electrons. The molecule has 3 aromatic carbocycles. The Morgan fingerprint density at radius 3 is 2.34 bits per heavy atom. The molecule has 1 aliphatic rings. The van der Waals surface area contributed by atoms with Gasteiger partial charge in [-0.3, -0.25) is 0 Å². The molecule has 0 heterocycles. The van der Waals surface area contributed by atoms with Crippen LogP contribution in [-0.4, -0.2) is 0 Å². The van der Waals surface area contributed by atoms with E-state index in [1.807, 2.05) is 55.5 Å². The van der Waals surface area contributed by atoms with Crippen LogP contribution in [0.3, 0.4) is 0 Å². The summed E-state index contributed by atoms with van der Waals surface area (Å²) in [5.74, 6) is 7.61. The second-order valence-electron chi connectivity index (χ2n) is 9.39. The lowest BCUT2D eigenvalue weighted by Crippen LogP contribution is -2.15. The number of rotatable bonds is 6. The van der Waals surface area contributed by atoms with Crippen molar-refractivity contribution in [3.05, 3.63) is 95.3 Å². The third kappa shape index (κ3) is 5.68. The van der Waals surface area contributed by atoms with Crippen molar-refractivity contribution in [2.24, 2.45) is 11.8 Å². The maximum Gasteiger partial charge on any atom is 0.146 e. The normalized spacial score (nSPS) is 18.2. The van der Waals surface area contributed by atoms with Gasteiger partial charge < -0.3 is 0 Å². The van der Waals surface area contributed by atoms with Crippen molar-refractivity contribution >= 4 is 10.8 Å². The second-order valence-corrected chi connectivity index (χ2v) is 9.39. The Balaban J connectivity index is 1.39. The van der Waals surface area contributed by atoms with E-state index in [0.29, 0.717) is 10.9 Å². The zero-order valence-electron chi connectivity index (χ0n) is 19.2. The summed E-state index contributed by atoms with van der Waals surface area (Å²) in [6.07, 6.45) is 12.3. The number of benzene rings is 3. The largest absolute Gasteiger partial charge is 0.205 e.